The van der Waals surface area contributed by atoms with Crippen molar-refractivity contribution in [3.8, 4) is 0 Å². The van der Waals surface area contributed by atoms with Gasteiger partial charge in [0.25, 0.3) is 5.91 Å². The lowest BCUT2D eigenvalue weighted by molar-refractivity contribution is -0.133. The van der Waals surface area contributed by atoms with Gasteiger partial charge in [0.15, 0.2) is 0 Å². The molecule has 0 radical (unpaired) electrons. The number of nitrogens with one attached hydrogen (secondary N) is 2. The topological polar surface area (TPSA) is 83.4 Å². The Bertz CT molecular complexity index is 1300. The molecule has 3 amide bonds. The standard InChI is InChI=1S/C27H31ClN4O3/c1-17(2)12-13-29-26(35)27(4)16-31-22-11-6-5-10-21(22)23(30-18(3)33)24(31)25(34)32(27)15-19-8-7-9-20(28)14-19/h5-11,14,17H,12-13,15-16H2,1-4H3,(H,29,35)(H,30,33). The van der Waals surface area contributed by atoms with E-state index in [1.165, 1.54) is 6.92 Å². The van der Waals surface area contributed by atoms with Crippen molar-refractivity contribution in [2.24, 2.45) is 5.92 Å². The zero-order valence-corrected chi connectivity index (χ0v) is 21.3. The van der Waals surface area contributed by atoms with Gasteiger partial charge in [0, 0.05) is 30.4 Å². The predicted octanol–water partition coefficient (Wildman–Crippen LogP) is 4.83. The third kappa shape index (κ3) is 4.78. The van der Waals surface area contributed by atoms with Crippen LogP contribution in [0.4, 0.5) is 5.69 Å². The van der Waals surface area contributed by atoms with Crippen LogP contribution in [0.25, 0.3) is 10.9 Å². The van der Waals surface area contributed by atoms with Crippen LogP contribution in [-0.2, 0) is 22.7 Å². The Balaban J connectivity index is 1.84. The number of hydrogen-bond acceptors (Lipinski definition) is 3. The highest BCUT2D eigenvalue weighted by atomic mass is 35.5. The number of fused-ring (bicyclic) bond motifs is 3. The number of hydrogen-bond donors (Lipinski definition) is 2. The van der Waals surface area contributed by atoms with Crippen molar-refractivity contribution in [1.29, 1.82) is 0 Å². The maximum Gasteiger partial charge on any atom is 0.273 e. The van der Waals surface area contributed by atoms with Crippen LogP contribution in [0.3, 0.4) is 0 Å². The molecule has 8 heteroatoms. The summed E-state index contributed by atoms with van der Waals surface area (Å²) in [5, 5.41) is 7.22. The Kier molecular flexibility index (Phi) is 6.90. The molecule has 0 bridgehead atoms. The summed E-state index contributed by atoms with van der Waals surface area (Å²) in [6, 6.07) is 14.8. The van der Waals surface area contributed by atoms with Crippen LogP contribution in [0.2, 0.25) is 5.02 Å². The van der Waals surface area contributed by atoms with Gasteiger partial charge in [0.2, 0.25) is 11.8 Å². The van der Waals surface area contributed by atoms with E-state index in [2.05, 4.69) is 24.5 Å². The van der Waals surface area contributed by atoms with Gasteiger partial charge in [0.1, 0.15) is 11.2 Å². The fourth-order valence-corrected chi connectivity index (χ4v) is 4.87. The third-order valence-corrected chi connectivity index (χ3v) is 6.74. The summed E-state index contributed by atoms with van der Waals surface area (Å²) in [4.78, 5) is 41.4. The highest BCUT2D eigenvalue weighted by molar-refractivity contribution is 6.30. The van der Waals surface area contributed by atoms with E-state index in [1.54, 1.807) is 24.0 Å². The first-order chi connectivity index (χ1) is 16.6. The number of carbonyl (C=O) groups is 3. The minimum absolute atomic E-state index is 0.203. The molecule has 1 aliphatic rings. The van der Waals surface area contributed by atoms with E-state index in [0.29, 0.717) is 28.9 Å². The molecular formula is C27H31ClN4O3. The van der Waals surface area contributed by atoms with Crippen molar-refractivity contribution in [3.63, 3.8) is 0 Å². The van der Waals surface area contributed by atoms with E-state index < -0.39 is 5.54 Å². The number of aromatic nitrogens is 1. The van der Waals surface area contributed by atoms with Gasteiger partial charge in [-0.3, -0.25) is 14.4 Å². The van der Waals surface area contributed by atoms with Gasteiger partial charge >= 0.3 is 0 Å². The number of anilines is 1. The van der Waals surface area contributed by atoms with Crippen LogP contribution in [-0.4, -0.2) is 39.3 Å². The second-order valence-corrected chi connectivity index (χ2v) is 10.2. The summed E-state index contributed by atoms with van der Waals surface area (Å²) >= 11 is 6.21. The molecule has 1 aliphatic heterocycles. The van der Waals surface area contributed by atoms with E-state index in [0.717, 1.165) is 22.9 Å². The molecule has 0 spiro atoms. The fraction of sp³-hybridized carbons (Fsp3) is 0.370. The molecule has 1 unspecified atom stereocenters. The fourth-order valence-electron chi connectivity index (χ4n) is 4.66. The molecule has 2 heterocycles. The second-order valence-electron chi connectivity index (χ2n) is 9.74. The molecule has 35 heavy (non-hydrogen) atoms. The minimum atomic E-state index is -1.15. The minimum Gasteiger partial charge on any atom is -0.354 e. The van der Waals surface area contributed by atoms with Gasteiger partial charge in [-0.15, -0.1) is 0 Å². The van der Waals surface area contributed by atoms with E-state index >= 15 is 0 Å². The predicted molar refractivity (Wildman–Crippen MR) is 138 cm³/mol. The first-order valence-electron chi connectivity index (χ1n) is 11.9. The number of para-hydroxylation sites is 1. The van der Waals surface area contributed by atoms with E-state index in [1.807, 2.05) is 41.0 Å². The van der Waals surface area contributed by atoms with Crippen molar-refractivity contribution in [2.45, 2.75) is 52.7 Å². The van der Waals surface area contributed by atoms with Crippen molar-refractivity contribution in [2.75, 3.05) is 11.9 Å². The van der Waals surface area contributed by atoms with E-state index in [-0.39, 0.29) is 30.8 Å². The van der Waals surface area contributed by atoms with Gasteiger partial charge in [-0.25, -0.2) is 0 Å². The SMILES string of the molecule is CC(=O)Nc1c2n(c3ccccc13)CC(C)(C(=O)NCCC(C)C)N(Cc1cccc(Cl)c1)C2=O. The average Bonchev–Trinajstić information content (AvgIpc) is 3.09. The normalized spacial score (nSPS) is 17.5. The summed E-state index contributed by atoms with van der Waals surface area (Å²) in [5.41, 5.74) is 1.30. The summed E-state index contributed by atoms with van der Waals surface area (Å²) in [7, 11) is 0. The lowest BCUT2D eigenvalue weighted by Gasteiger charge is -2.44. The Morgan fingerprint density at radius 3 is 2.57 bits per heavy atom. The largest absolute Gasteiger partial charge is 0.354 e. The zero-order chi connectivity index (χ0) is 25.3. The van der Waals surface area contributed by atoms with Crippen molar-refractivity contribution in [3.05, 3.63) is 64.8 Å². The van der Waals surface area contributed by atoms with Gasteiger partial charge in [0.05, 0.1) is 17.7 Å². The van der Waals surface area contributed by atoms with Crippen LogP contribution in [0, 0.1) is 5.92 Å². The highest BCUT2D eigenvalue weighted by Gasteiger charge is 2.48. The molecule has 2 aromatic carbocycles. The Labute approximate surface area is 210 Å². The smallest absolute Gasteiger partial charge is 0.273 e. The lowest BCUT2D eigenvalue weighted by Crippen LogP contribution is -2.63. The molecule has 1 atom stereocenters. The number of amides is 3. The maximum atomic E-state index is 14.1. The monoisotopic (exact) mass is 494 g/mol. The quantitative estimate of drug-likeness (QED) is 0.493. The highest BCUT2D eigenvalue weighted by Crippen LogP contribution is 2.39. The average molecular weight is 495 g/mol. The number of benzene rings is 2. The summed E-state index contributed by atoms with van der Waals surface area (Å²) in [6.07, 6.45) is 0.842. The molecule has 7 nitrogen and oxygen atoms in total. The molecule has 2 N–H and O–H groups in total. The zero-order valence-electron chi connectivity index (χ0n) is 20.5. The van der Waals surface area contributed by atoms with Gasteiger partial charge in [-0.05, 0) is 43.0 Å². The first kappa shape index (κ1) is 24.8. The van der Waals surface area contributed by atoms with Gasteiger partial charge in [-0.1, -0.05) is 55.8 Å². The van der Waals surface area contributed by atoms with Crippen molar-refractivity contribution >= 4 is 45.9 Å². The first-order valence-corrected chi connectivity index (χ1v) is 12.2. The Hall–Kier alpha value is -3.32. The van der Waals surface area contributed by atoms with Crippen LogP contribution >= 0.6 is 11.6 Å². The Morgan fingerprint density at radius 1 is 1.14 bits per heavy atom. The molecule has 0 fully saturated rings. The molecule has 1 aromatic heterocycles. The van der Waals surface area contributed by atoms with Crippen LogP contribution in [0.1, 0.15) is 50.2 Å². The molecule has 3 aromatic rings. The van der Waals surface area contributed by atoms with E-state index in [4.69, 9.17) is 11.6 Å². The number of carbonyl (C=O) groups excluding carboxylic acids is 3. The van der Waals surface area contributed by atoms with Gasteiger partial charge in [-0.2, -0.15) is 0 Å². The Morgan fingerprint density at radius 2 is 1.89 bits per heavy atom. The van der Waals surface area contributed by atoms with Crippen LogP contribution < -0.4 is 10.6 Å². The van der Waals surface area contributed by atoms with E-state index in [9.17, 15) is 14.4 Å². The maximum absolute atomic E-state index is 14.1. The summed E-state index contributed by atoms with van der Waals surface area (Å²) in [5.74, 6) is -0.354. The molecule has 4 rings (SSSR count). The number of nitrogens with zero attached hydrogens (tertiary/aromatic N) is 2. The second kappa shape index (κ2) is 9.74. The van der Waals surface area contributed by atoms with Crippen molar-refractivity contribution < 1.29 is 14.4 Å². The number of halogens is 1. The molecule has 0 saturated carbocycles. The third-order valence-electron chi connectivity index (χ3n) is 6.51. The lowest BCUT2D eigenvalue weighted by atomic mass is 9.93. The molecular weight excluding hydrogens is 464 g/mol. The van der Waals surface area contributed by atoms with Crippen molar-refractivity contribution in [1.82, 2.24) is 14.8 Å². The summed E-state index contributed by atoms with van der Waals surface area (Å²) < 4.78 is 1.86. The van der Waals surface area contributed by atoms with Gasteiger partial charge < -0.3 is 20.1 Å². The summed E-state index contributed by atoms with van der Waals surface area (Å²) in [6.45, 7) is 8.41. The molecule has 0 saturated heterocycles. The molecule has 0 aliphatic carbocycles. The molecule has 184 valence electrons. The van der Waals surface area contributed by atoms with Crippen LogP contribution in [0.5, 0.6) is 0 Å². The van der Waals surface area contributed by atoms with Crippen LogP contribution in [0.15, 0.2) is 48.5 Å². The number of rotatable bonds is 7.